The molecular weight excluding hydrogens is 606 g/mol. The van der Waals surface area contributed by atoms with Crippen LogP contribution in [0, 0.1) is 14.1 Å². The van der Waals surface area contributed by atoms with E-state index in [2.05, 4.69) is 55.5 Å². The number of phenolic OH excluding ortho intramolecular Hbond substituents is 1. The molecule has 0 saturated carbocycles. The lowest BCUT2D eigenvalue weighted by Gasteiger charge is -2.08. The molecule has 0 unspecified atom stereocenters. The second kappa shape index (κ2) is 8.76. The van der Waals surface area contributed by atoms with E-state index in [1.165, 1.54) is 0 Å². The summed E-state index contributed by atoms with van der Waals surface area (Å²) in [4.78, 5) is 17.0. The third kappa shape index (κ3) is 4.51. The van der Waals surface area contributed by atoms with Crippen molar-refractivity contribution < 1.29 is 14.3 Å². The molecule has 2 N–H and O–H groups in total. The van der Waals surface area contributed by atoms with Crippen LogP contribution in [0.15, 0.2) is 70.1 Å². The Morgan fingerprint density at radius 2 is 1.90 bits per heavy atom. The number of nitrogens with zero attached hydrogens (tertiary/aromatic N) is 1. The minimum absolute atomic E-state index is 0.214. The molecule has 4 rings (SSSR count). The van der Waals surface area contributed by atoms with E-state index in [0.29, 0.717) is 16.8 Å². The van der Waals surface area contributed by atoms with Crippen molar-refractivity contribution in [3.05, 3.63) is 84.7 Å². The van der Waals surface area contributed by atoms with Gasteiger partial charge in [-0.25, -0.2) is 0 Å². The Hall–Kier alpha value is -2.40. The SMILES string of the molecule is Cc1cc(N=Cc2cc(I)cc(I)c2O)ccc1NC(=O)c1cc2ccccc2o1. The van der Waals surface area contributed by atoms with Crippen LogP contribution in [0.3, 0.4) is 0 Å². The Labute approximate surface area is 200 Å². The van der Waals surface area contributed by atoms with Crippen molar-refractivity contribution in [2.24, 2.45) is 4.99 Å². The zero-order valence-corrected chi connectivity index (χ0v) is 20.1. The maximum Gasteiger partial charge on any atom is 0.291 e. The van der Waals surface area contributed by atoms with Gasteiger partial charge in [0.15, 0.2) is 5.76 Å². The molecule has 0 spiro atoms. The Kier molecular flexibility index (Phi) is 6.09. The first kappa shape index (κ1) is 20.9. The first-order valence-electron chi connectivity index (χ1n) is 9.03. The van der Waals surface area contributed by atoms with Crippen LogP contribution in [0.1, 0.15) is 21.7 Å². The lowest BCUT2D eigenvalue weighted by molar-refractivity contribution is 0.0998. The van der Waals surface area contributed by atoms with Crippen LogP contribution in [0.25, 0.3) is 11.0 Å². The molecule has 7 heteroatoms. The number of aromatic hydroxyl groups is 1. The number of carbonyl (C=O) groups is 1. The van der Waals surface area contributed by atoms with Gasteiger partial charge in [0.1, 0.15) is 11.3 Å². The monoisotopic (exact) mass is 622 g/mol. The maximum absolute atomic E-state index is 12.6. The summed E-state index contributed by atoms with van der Waals surface area (Å²) in [7, 11) is 0. The van der Waals surface area contributed by atoms with Gasteiger partial charge in [0.25, 0.3) is 5.91 Å². The largest absolute Gasteiger partial charge is 0.506 e. The normalized spacial score (nSPS) is 11.3. The molecule has 1 aromatic heterocycles. The predicted molar refractivity (Wildman–Crippen MR) is 136 cm³/mol. The quantitative estimate of drug-likeness (QED) is 0.198. The topological polar surface area (TPSA) is 74.8 Å². The van der Waals surface area contributed by atoms with E-state index in [0.717, 1.165) is 23.8 Å². The summed E-state index contributed by atoms with van der Waals surface area (Å²) in [6.45, 7) is 1.90. The summed E-state index contributed by atoms with van der Waals surface area (Å²) in [6.07, 6.45) is 1.64. The molecule has 1 amide bonds. The van der Waals surface area contributed by atoms with Crippen LogP contribution >= 0.6 is 45.2 Å². The van der Waals surface area contributed by atoms with E-state index >= 15 is 0 Å². The standard InChI is InChI=1S/C23H16I2N2O3/c1-13-8-17(26-12-15-9-16(24)11-18(25)22(15)28)6-7-19(13)27-23(29)21-10-14-4-2-3-5-20(14)30-21/h2-12,28H,1H3,(H,27,29). The number of aryl methyl sites for hydroxylation is 1. The minimum atomic E-state index is -0.302. The van der Waals surface area contributed by atoms with Crippen molar-refractivity contribution in [1.29, 1.82) is 0 Å². The van der Waals surface area contributed by atoms with Crippen molar-refractivity contribution in [1.82, 2.24) is 0 Å². The number of amides is 1. The van der Waals surface area contributed by atoms with Gasteiger partial charge in [-0.15, -0.1) is 0 Å². The van der Waals surface area contributed by atoms with E-state index in [4.69, 9.17) is 4.42 Å². The number of halogens is 2. The highest BCUT2D eigenvalue weighted by Crippen LogP contribution is 2.27. The average Bonchev–Trinajstić information content (AvgIpc) is 3.16. The number of hydrogen-bond donors (Lipinski definition) is 2. The lowest BCUT2D eigenvalue weighted by atomic mass is 10.1. The molecule has 5 nitrogen and oxygen atoms in total. The second-order valence-corrected chi connectivity index (χ2v) is 9.09. The molecule has 0 fully saturated rings. The molecule has 30 heavy (non-hydrogen) atoms. The summed E-state index contributed by atoms with van der Waals surface area (Å²) in [5, 5.41) is 14.0. The summed E-state index contributed by atoms with van der Waals surface area (Å²) in [5.41, 5.74) is 3.62. The fraction of sp³-hybridized carbons (Fsp3) is 0.0435. The highest BCUT2D eigenvalue weighted by atomic mass is 127. The third-order valence-corrected chi connectivity index (χ3v) is 5.96. The number of para-hydroxylation sites is 1. The molecule has 0 aliphatic rings. The van der Waals surface area contributed by atoms with Crippen molar-refractivity contribution in [3.8, 4) is 5.75 Å². The molecule has 4 aromatic rings. The van der Waals surface area contributed by atoms with Gasteiger partial charge in [0, 0.05) is 26.4 Å². The molecule has 150 valence electrons. The van der Waals surface area contributed by atoms with Crippen molar-refractivity contribution in [3.63, 3.8) is 0 Å². The van der Waals surface area contributed by atoms with Crippen LogP contribution in [-0.2, 0) is 0 Å². The van der Waals surface area contributed by atoms with Crippen LogP contribution in [0.4, 0.5) is 11.4 Å². The molecular formula is C23H16I2N2O3. The van der Waals surface area contributed by atoms with E-state index in [1.807, 2.05) is 55.5 Å². The summed E-state index contributed by atoms with van der Waals surface area (Å²) >= 11 is 4.30. The number of fused-ring (bicyclic) bond motifs is 1. The van der Waals surface area contributed by atoms with Crippen LogP contribution in [-0.4, -0.2) is 17.2 Å². The highest BCUT2D eigenvalue weighted by Gasteiger charge is 2.13. The fourth-order valence-electron chi connectivity index (χ4n) is 2.97. The molecule has 0 aliphatic carbocycles. The molecule has 1 heterocycles. The van der Waals surface area contributed by atoms with Crippen molar-refractivity contribution in [2.45, 2.75) is 6.92 Å². The molecule has 0 atom stereocenters. The first-order chi connectivity index (χ1) is 14.4. The highest BCUT2D eigenvalue weighted by molar-refractivity contribution is 14.1. The number of furan rings is 1. The van der Waals surface area contributed by atoms with Gasteiger partial charge in [-0.05, 0) is 100 Å². The summed E-state index contributed by atoms with van der Waals surface area (Å²) in [6, 6.07) is 18.5. The van der Waals surface area contributed by atoms with Gasteiger partial charge in [-0.3, -0.25) is 9.79 Å². The maximum atomic E-state index is 12.6. The third-order valence-electron chi connectivity index (χ3n) is 4.52. The Bertz CT molecular complexity index is 1260. The smallest absolute Gasteiger partial charge is 0.291 e. The fourth-order valence-corrected chi connectivity index (χ4v) is 4.86. The average molecular weight is 622 g/mol. The van der Waals surface area contributed by atoms with Crippen LogP contribution < -0.4 is 5.32 Å². The number of phenols is 1. The molecule has 0 saturated heterocycles. The van der Waals surface area contributed by atoms with Gasteiger partial charge in [0.2, 0.25) is 0 Å². The van der Waals surface area contributed by atoms with Gasteiger partial charge < -0.3 is 14.8 Å². The molecule has 0 bridgehead atoms. The Balaban J connectivity index is 1.52. The lowest BCUT2D eigenvalue weighted by Crippen LogP contribution is -2.11. The van der Waals surface area contributed by atoms with Crippen LogP contribution in [0.2, 0.25) is 0 Å². The van der Waals surface area contributed by atoms with Gasteiger partial charge >= 0.3 is 0 Å². The van der Waals surface area contributed by atoms with E-state index < -0.39 is 0 Å². The molecule has 0 aliphatic heterocycles. The van der Waals surface area contributed by atoms with E-state index in [9.17, 15) is 9.90 Å². The zero-order chi connectivity index (χ0) is 21.3. The number of anilines is 1. The number of nitrogens with one attached hydrogen (secondary N) is 1. The van der Waals surface area contributed by atoms with Crippen molar-refractivity contribution >= 4 is 79.6 Å². The summed E-state index contributed by atoms with van der Waals surface area (Å²) in [5.74, 6) is 0.177. The number of rotatable bonds is 4. The first-order valence-corrected chi connectivity index (χ1v) is 11.2. The van der Waals surface area contributed by atoms with Gasteiger partial charge in [-0.1, -0.05) is 18.2 Å². The summed E-state index contributed by atoms with van der Waals surface area (Å²) < 4.78 is 7.43. The van der Waals surface area contributed by atoms with Crippen molar-refractivity contribution in [2.75, 3.05) is 5.32 Å². The predicted octanol–water partition coefficient (Wildman–Crippen LogP) is 6.66. The zero-order valence-electron chi connectivity index (χ0n) is 15.8. The molecule has 3 aromatic carbocycles. The van der Waals surface area contributed by atoms with Crippen LogP contribution in [0.5, 0.6) is 5.75 Å². The van der Waals surface area contributed by atoms with Gasteiger partial charge in [0.05, 0.1) is 9.26 Å². The van der Waals surface area contributed by atoms with E-state index in [1.54, 1.807) is 18.3 Å². The van der Waals surface area contributed by atoms with E-state index in [-0.39, 0.29) is 17.4 Å². The number of aliphatic imine (C=N–C) groups is 1. The molecule has 0 radical (unpaired) electrons. The number of benzene rings is 3. The number of carbonyl (C=O) groups excluding carboxylic acids is 1. The minimum Gasteiger partial charge on any atom is -0.506 e. The van der Waals surface area contributed by atoms with Gasteiger partial charge in [-0.2, -0.15) is 0 Å². The second-order valence-electron chi connectivity index (χ2n) is 6.69. The number of hydrogen-bond acceptors (Lipinski definition) is 4. The Morgan fingerprint density at radius 3 is 2.67 bits per heavy atom. The Morgan fingerprint density at radius 1 is 1.10 bits per heavy atom.